The molecule has 2 heteroatoms. The first-order valence-electron chi connectivity index (χ1n) is 6.85. The van der Waals surface area contributed by atoms with E-state index in [1.165, 1.54) is 32.2 Å². The number of morpholine rings is 1. The van der Waals surface area contributed by atoms with Crippen molar-refractivity contribution in [3.05, 3.63) is 0 Å². The van der Waals surface area contributed by atoms with Crippen LogP contribution < -0.4 is 0 Å². The Labute approximate surface area is 101 Å². The highest BCUT2D eigenvalue weighted by molar-refractivity contribution is 4.71. The molecule has 1 aliphatic heterocycles. The maximum absolute atomic E-state index is 5.80. The summed E-state index contributed by atoms with van der Waals surface area (Å²) in [5.41, 5.74) is 0.489. The minimum Gasteiger partial charge on any atom is -0.376 e. The van der Waals surface area contributed by atoms with Crippen molar-refractivity contribution in [1.82, 2.24) is 4.90 Å². The largest absolute Gasteiger partial charge is 0.376 e. The highest BCUT2D eigenvalue weighted by Crippen LogP contribution is 2.23. The molecule has 0 aromatic heterocycles. The predicted octanol–water partition coefficient (Wildman–Crippen LogP) is 3.31. The molecule has 0 spiro atoms. The summed E-state index contributed by atoms with van der Waals surface area (Å²) in [6, 6.07) is 0. The van der Waals surface area contributed by atoms with E-state index in [1.54, 1.807) is 0 Å². The molecule has 2 nitrogen and oxygen atoms in total. The van der Waals surface area contributed by atoms with Crippen LogP contribution in [0.15, 0.2) is 0 Å². The van der Waals surface area contributed by atoms with Crippen LogP contribution >= 0.6 is 0 Å². The summed E-state index contributed by atoms with van der Waals surface area (Å²) in [5, 5.41) is 0. The first-order valence-corrected chi connectivity index (χ1v) is 6.85. The lowest BCUT2D eigenvalue weighted by Crippen LogP contribution is -2.42. The van der Waals surface area contributed by atoms with Gasteiger partial charge in [0.25, 0.3) is 0 Å². The van der Waals surface area contributed by atoms with Gasteiger partial charge < -0.3 is 4.74 Å². The lowest BCUT2D eigenvalue weighted by molar-refractivity contribution is -0.0314. The molecule has 0 N–H and O–H groups in total. The fraction of sp³-hybridized carbons (Fsp3) is 1.00. The van der Waals surface area contributed by atoms with Crippen molar-refractivity contribution in [3.8, 4) is 0 Å². The van der Waals surface area contributed by atoms with E-state index in [-0.39, 0.29) is 0 Å². The van der Waals surface area contributed by atoms with E-state index < -0.39 is 0 Å². The molecule has 0 aromatic carbocycles. The van der Waals surface area contributed by atoms with Crippen molar-refractivity contribution in [2.75, 3.05) is 26.2 Å². The molecule has 0 aliphatic carbocycles. The van der Waals surface area contributed by atoms with E-state index in [4.69, 9.17) is 4.74 Å². The second-order valence-electron chi connectivity index (χ2n) is 6.19. The number of rotatable bonds is 5. The topological polar surface area (TPSA) is 12.5 Å². The molecule has 1 fully saturated rings. The number of nitrogens with zero attached hydrogens (tertiary/aromatic N) is 1. The first kappa shape index (κ1) is 14.0. The Morgan fingerprint density at radius 2 is 2.00 bits per heavy atom. The highest BCUT2D eigenvalue weighted by Gasteiger charge is 2.19. The zero-order valence-electron chi connectivity index (χ0n) is 11.6. The molecule has 0 amide bonds. The van der Waals surface area contributed by atoms with Crippen LogP contribution in [0, 0.1) is 5.41 Å². The van der Waals surface area contributed by atoms with Gasteiger partial charge in [0.05, 0.1) is 12.7 Å². The Morgan fingerprint density at radius 3 is 2.62 bits per heavy atom. The zero-order chi connectivity index (χ0) is 12.0. The smallest absolute Gasteiger partial charge is 0.0702 e. The average molecular weight is 227 g/mol. The second-order valence-corrected chi connectivity index (χ2v) is 6.19. The molecule has 0 unspecified atom stereocenters. The van der Waals surface area contributed by atoms with Crippen LogP contribution in [0.1, 0.15) is 53.4 Å². The number of hydrogen-bond donors (Lipinski definition) is 0. The lowest BCUT2D eigenvalue weighted by atomic mass is 9.89. The number of hydrogen-bond acceptors (Lipinski definition) is 2. The van der Waals surface area contributed by atoms with Crippen LogP contribution in [0.4, 0.5) is 0 Å². The molecular weight excluding hydrogens is 198 g/mol. The molecule has 0 bridgehead atoms. The minimum atomic E-state index is 0.489. The molecule has 16 heavy (non-hydrogen) atoms. The van der Waals surface area contributed by atoms with Crippen molar-refractivity contribution in [2.45, 2.75) is 59.5 Å². The van der Waals surface area contributed by atoms with Gasteiger partial charge in [-0.15, -0.1) is 0 Å². The number of likely N-dealkylation sites (N-methyl/N-ethyl adjacent to an activating group) is 1. The third-order valence-electron chi connectivity index (χ3n) is 3.37. The lowest BCUT2D eigenvalue weighted by Gasteiger charge is -2.32. The summed E-state index contributed by atoms with van der Waals surface area (Å²) in [6.45, 7) is 13.6. The van der Waals surface area contributed by atoms with Gasteiger partial charge >= 0.3 is 0 Å². The fourth-order valence-electron chi connectivity index (χ4n) is 2.27. The van der Waals surface area contributed by atoms with Crippen molar-refractivity contribution in [1.29, 1.82) is 0 Å². The van der Waals surface area contributed by atoms with Gasteiger partial charge in [-0.05, 0) is 24.8 Å². The maximum atomic E-state index is 5.80. The molecule has 1 heterocycles. The number of unbranched alkanes of at least 4 members (excludes halogenated alkanes) is 1. The summed E-state index contributed by atoms with van der Waals surface area (Å²) in [6.07, 6.45) is 5.73. The summed E-state index contributed by atoms with van der Waals surface area (Å²) >= 11 is 0. The maximum Gasteiger partial charge on any atom is 0.0702 e. The minimum absolute atomic E-state index is 0.489. The number of ether oxygens (including phenoxy) is 1. The van der Waals surface area contributed by atoms with E-state index in [0.29, 0.717) is 11.5 Å². The van der Waals surface area contributed by atoms with Gasteiger partial charge in [-0.3, -0.25) is 4.90 Å². The summed E-state index contributed by atoms with van der Waals surface area (Å²) in [7, 11) is 0. The van der Waals surface area contributed by atoms with Gasteiger partial charge in [-0.2, -0.15) is 0 Å². The Kier molecular flexibility index (Phi) is 5.77. The summed E-state index contributed by atoms with van der Waals surface area (Å²) in [4.78, 5) is 2.50. The molecular formula is C14H29NO. The van der Waals surface area contributed by atoms with E-state index >= 15 is 0 Å². The molecule has 96 valence electrons. The fourth-order valence-corrected chi connectivity index (χ4v) is 2.27. The third kappa shape index (κ3) is 5.86. The standard InChI is InChI=1S/C14H29NO/c1-5-15-10-11-16-13(12-15)8-6-7-9-14(2,3)4/h13H,5-12H2,1-4H3/t13-/m1/s1. The van der Waals surface area contributed by atoms with E-state index in [2.05, 4.69) is 32.6 Å². The monoisotopic (exact) mass is 227 g/mol. The molecule has 0 saturated carbocycles. The van der Waals surface area contributed by atoms with Gasteiger partial charge in [0.15, 0.2) is 0 Å². The quantitative estimate of drug-likeness (QED) is 0.668. The molecule has 0 radical (unpaired) electrons. The Bertz CT molecular complexity index is 186. The molecule has 1 rings (SSSR count). The zero-order valence-corrected chi connectivity index (χ0v) is 11.6. The Hall–Kier alpha value is -0.0800. The van der Waals surface area contributed by atoms with Crippen LogP contribution in [0.3, 0.4) is 0 Å². The summed E-state index contributed by atoms with van der Waals surface area (Å²) < 4.78 is 5.80. The van der Waals surface area contributed by atoms with Crippen molar-refractivity contribution in [3.63, 3.8) is 0 Å². The Balaban J connectivity index is 2.08. The van der Waals surface area contributed by atoms with Crippen molar-refractivity contribution < 1.29 is 4.74 Å². The van der Waals surface area contributed by atoms with E-state index in [9.17, 15) is 0 Å². The van der Waals surface area contributed by atoms with Gasteiger partial charge in [0, 0.05) is 13.1 Å². The van der Waals surface area contributed by atoms with Crippen LogP contribution in [0.2, 0.25) is 0 Å². The van der Waals surface area contributed by atoms with E-state index in [1.807, 2.05) is 0 Å². The second kappa shape index (κ2) is 6.61. The molecule has 1 atom stereocenters. The first-order chi connectivity index (χ1) is 7.51. The van der Waals surface area contributed by atoms with Gasteiger partial charge in [0.2, 0.25) is 0 Å². The van der Waals surface area contributed by atoms with Crippen LogP contribution in [0.5, 0.6) is 0 Å². The van der Waals surface area contributed by atoms with Gasteiger partial charge in [0.1, 0.15) is 0 Å². The van der Waals surface area contributed by atoms with Gasteiger partial charge in [-0.1, -0.05) is 40.5 Å². The SMILES string of the molecule is CCN1CCO[C@H](CCCCC(C)(C)C)C1. The van der Waals surface area contributed by atoms with Crippen LogP contribution in [0.25, 0.3) is 0 Å². The van der Waals surface area contributed by atoms with E-state index in [0.717, 1.165) is 19.7 Å². The average Bonchev–Trinajstić information content (AvgIpc) is 2.23. The highest BCUT2D eigenvalue weighted by atomic mass is 16.5. The normalized spacial score (nSPS) is 23.6. The molecule has 1 saturated heterocycles. The third-order valence-corrected chi connectivity index (χ3v) is 3.37. The van der Waals surface area contributed by atoms with Gasteiger partial charge in [-0.25, -0.2) is 0 Å². The van der Waals surface area contributed by atoms with Crippen molar-refractivity contribution in [2.24, 2.45) is 5.41 Å². The molecule has 0 aromatic rings. The summed E-state index contributed by atoms with van der Waals surface area (Å²) in [5.74, 6) is 0. The Morgan fingerprint density at radius 1 is 1.25 bits per heavy atom. The predicted molar refractivity (Wildman–Crippen MR) is 69.8 cm³/mol. The molecule has 1 aliphatic rings. The van der Waals surface area contributed by atoms with Crippen LogP contribution in [-0.4, -0.2) is 37.2 Å². The van der Waals surface area contributed by atoms with Crippen LogP contribution in [-0.2, 0) is 4.74 Å². The van der Waals surface area contributed by atoms with Crippen molar-refractivity contribution >= 4 is 0 Å².